The average molecular weight is 648 g/mol. The summed E-state index contributed by atoms with van der Waals surface area (Å²) in [6.45, 7) is 4.49. The number of nitrogens with one attached hydrogen (secondary N) is 3. The summed E-state index contributed by atoms with van der Waals surface area (Å²) in [7, 11) is 1.70. The van der Waals surface area contributed by atoms with E-state index in [9.17, 15) is 27.0 Å². The number of ether oxygens (including phenoxy) is 1. The van der Waals surface area contributed by atoms with Crippen LogP contribution in [0.1, 0.15) is 46.8 Å². The van der Waals surface area contributed by atoms with Gasteiger partial charge in [-0.3, -0.25) is 13.9 Å². The van der Waals surface area contributed by atoms with E-state index >= 15 is 0 Å². The number of aromatic nitrogens is 2. The van der Waals surface area contributed by atoms with E-state index in [1.807, 2.05) is 19.1 Å². The van der Waals surface area contributed by atoms with Gasteiger partial charge in [0.15, 0.2) is 0 Å². The number of hydrogen-bond acceptors (Lipinski definition) is 8. The number of piperidine rings is 1. The van der Waals surface area contributed by atoms with Gasteiger partial charge >= 0.3 is 6.18 Å². The first-order valence-corrected chi connectivity index (χ1v) is 15.6. The van der Waals surface area contributed by atoms with E-state index in [1.54, 1.807) is 30.1 Å². The molecule has 1 fully saturated rings. The molecule has 2 heterocycles. The second-order valence-electron chi connectivity index (χ2n) is 10.7. The highest BCUT2D eigenvalue weighted by atomic mass is 32.2. The molecule has 0 radical (unpaired) electrons. The Morgan fingerprint density at radius 1 is 1.16 bits per heavy atom. The Kier molecular flexibility index (Phi) is 10.5. The third-order valence-corrected chi connectivity index (χ3v) is 8.46. The fourth-order valence-corrected chi connectivity index (χ4v) is 5.33. The molecule has 0 aliphatic carbocycles. The zero-order chi connectivity index (χ0) is 32.9. The fourth-order valence-electron chi connectivity index (χ4n) is 4.88. The number of rotatable bonds is 10. The van der Waals surface area contributed by atoms with Gasteiger partial charge in [-0.05, 0) is 55.2 Å². The molecule has 1 unspecified atom stereocenters. The zero-order valence-electron chi connectivity index (χ0n) is 25.6. The molecule has 242 valence electrons. The number of nitrogens with zero attached hydrogens (tertiary/aromatic N) is 4. The van der Waals surface area contributed by atoms with E-state index in [0.717, 1.165) is 5.56 Å². The van der Waals surface area contributed by atoms with E-state index in [0.29, 0.717) is 54.6 Å². The highest BCUT2D eigenvalue weighted by Gasteiger charge is 2.35. The Balaban J connectivity index is 1.52. The van der Waals surface area contributed by atoms with Crippen molar-refractivity contribution in [2.75, 3.05) is 48.4 Å². The molecule has 15 heteroatoms. The maximum Gasteiger partial charge on any atom is 0.421 e. The largest absolute Gasteiger partial charge is 0.495 e. The third kappa shape index (κ3) is 8.41. The molecule has 4 rings (SSSR count). The highest BCUT2D eigenvalue weighted by molar-refractivity contribution is 7.85. The predicted octanol–water partition coefficient (Wildman–Crippen LogP) is 4.64. The fraction of sp³-hybridized carbons (Fsp3) is 0.400. The van der Waals surface area contributed by atoms with E-state index in [-0.39, 0.29) is 36.1 Å². The summed E-state index contributed by atoms with van der Waals surface area (Å²) in [4.78, 5) is 34.2. The SMILES string of the molecule is COc1cc(C(=O)NC2CCN(C(C)=O)CC2)ccc1Nc1ncc(C(F)(F)F)c(NCc2ccc(C)cc2N(C)S(C)=O)n1. The molecule has 3 N–H and O–H groups in total. The lowest BCUT2D eigenvalue weighted by atomic mass is 10.0. The van der Waals surface area contributed by atoms with Crippen LogP contribution in [0.5, 0.6) is 5.75 Å². The van der Waals surface area contributed by atoms with Gasteiger partial charge in [0.2, 0.25) is 11.9 Å². The van der Waals surface area contributed by atoms with Crippen molar-refractivity contribution < 1.29 is 31.7 Å². The van der Waals surface area contributed by atoms with Gasteiger partial charge in [-0.1, -0.05) is 12.1 Å². The van der Waals surface area contributed by atoms with E-state index in [1.165, 1.54) is 30.7 Å². The summed E-state index contributed by atoms with van der Waals surface area (Å²) in [6, 6.07) is 9.93. The van der Waals surface area contributed by atoms with Crippen LogP contribution in [0, 0.1) is 6.92 Å². The standard InChI is InChI=1S/C30H36F3N7O4S/c1-18-6-7-21(25(14-18)39(3)45(5)43)16-34-27-23(30(31,32)33)17-35-29(38-27)37-24-9-8-20(15-26(24)44-4)28(42)36-22-10-12-40(13-11-22)19(2)41/h6-9,14-15,17,22H,10-13,16H2,1-5H3,(H,36,42)(H2,34,35,37,38). The monoisotopic (exact) mass is 647 g/mol. The van der Waals surface area contributed by atoms with Crippen molar-refractivity contribution in [2.24, 2.45) is 0 Å². The Hall–Kier alpha value is -4.40. The van der Waals surface area contributed by atoms with Crippen LogP contribution in [0.3, 0.4) is 0 Å². The summed E-state index contributed by atoms with van der Waals surface area (Å²) in [5.74, 6) is -0.628. The van der Waals surface area contributed by atoms with Crippen molar-refractivity contribution in [3.8, 4) is 5.75 Å². The topological polar surface area (TPSA) is 129 Å². The van der Waals surface area contributed by atoms with Crippen molar-refractivity contribution >= 4 is 45.9 Å². The molecular weight excluding hydrogens is 611 g/mol. The lowest BCUT2D eigenvalue weighted by Gasteiger charge is -2.31. The average Bonchev–Trinajstić information content (AvgIpc) is 2.99. The highest BCUT2D eigenvalue weighted by Crippen LogP contribution is 2.35. The van der Waals surface area contributed by atoms with Crippen LogP contribution >= 0.6 is 0 Å². The first-order chi connectivity index (χ1) is 21.3. The summed E-state index contributed by atoms with van der Waals surface area (Å²) in [5, 5.41) is 8.64. The van der Waals surface area contributed by atoms with Crippen LogP contribution in [-0.4, -0.2) is 70.4 Å². The molecule has 2 aromatic carbocycles. The summed E-state index contributed by atoms with van der Waals surface area (Å²) < 4.78 is 60.8. The van der Waals surface area contributed by atoms with Gasteiger partial charge in [0.05, 0.1) is 18.5 Å². The van der Waals surface area contributed by atoms with Gasteiger partial charge in [-0.2, -0.15) is 18.2 Å². The molecular formula is C30H36F3N7O4S. The first kappa shape index (κ1) is 33.5. The number of aryl methyl sites for hydroxylation is 1. The Bertz CT molecular complexity index is 1580. The Morgan fingerprint density at radius 3 is 2.49 bits per heavy atom. The van der Waals surface area contributed by atoms with Gasteiger partial charge < -0.3 is 25.6 Å². The molecule has 3 aromatic rings. The minimum absolute atomic E-state index is 0.00604. The number of alkyl halides is 3. The Morgan fingerprint density at radius 2 is 1.87 bits per heavy atom. The van der Waals surface area contributed by atoms with Crippen molar-refractivity contribution in [2.45, 2.75) is 45.5 Å². The maximum atomic E-state index is 13.9. The zero-order valence-corrected chi connectivity index (χ0v) is 26.4. The molecule has 1 aliphatic heterocycles. The van der Waals surface area contributed by atoms with Gasteiger partial charge in [0.1, 0.15) is 28.1 Å². The molecule has 1 saturated heterocycles. The molecule has 2 amide bonds. The normalized spacial score (nSPS) is 14.4. The second kappa shape index (κ2) is 14.1. The molecule has 0 bridgehead atoms. The minimum Gasteiger partial charge on any atom is -0.495 e. The van der Waals surface area contributed by atoms with Gasteiger partial charge in [0.25, 0.3) is 5.91 Å². The van der Waals surface area contributed by atoms with E-state index < -0.39 is 28.5 Å². The van der Waals surface area contributed by atoms with Crippen molar-refractivity contribution in [1.29, 1.82) is 0 Å². The van der Waals surface area contributed by atoms with Crippen LogP contribution in [0.25, 0.3) is 0 Å². The van der Waals surface area contributed by atoms with Gasteiger partial charge in [-0.15, -0.1) is 0 Å². The summed E-state index contributed by atoms with van der Waals surface area (Å²) in [6.07, 6.45) is -1.24. The lowest BCUT2D eigenvalue weighted by molar-refractivity contribution is -0.137. The van der Waals surface area contributed by atoms with Crippen LogP contribution in [-0.2, 0) is 28.5 Å². The third-order valence-electron chi connectivity index (χ3n) is 7.49. The number of amides is 2. The molecule has 45 heavy (non-hydrogen) atoms. The smallest absolute Gasteiger partial charge is 0.421 e. The number of hydrogen-bond donors (Lipinski definition) is 3. The lowest BCUT2D eigenvalue weighted by Crippen LogP contribution is -2.46. The number of benzene rings is 2. The molecule has 1 aromatic heterocycles. The molecule has 1 atom stereocenters. The van der Waals surface area contributed by atoms with Gasteiger partial charge in [0, 0.05) is 57.7 Å². The predicted molar refractivity (Wildman–Crippen MR) is 167 cm³/mol. The number of halogens is 3. The molecule has 11 nitrogen and oxygen atoms in total. The van der Waals surface area contributed by atoms with Crippen LogP contribution in [0.2, 0.25) is 0 Å². The van der Waals surface area contributed by atoms with Gasteiger partial charge in [-0.25, -0.2) is 9.19 Å². The quantitative estimate of drug-likeness (QED) is 0.291. The maximum absolute atomic E-state index is 13.9. The van der Waals surface area contributed by atoms with Crippen molar-refractivity contribution in [3.05, 3.63) is 64.8 Å². The summed E-state index contributed by atoms with van der Waals surface area (Å²) in [5.41, 5.74) is 1.75. The number of carbonyl (C=O) groups excluding carboxylic acids is 2. The van der Waals surface area contributed by atoms with Crippen LogP contribution in [0.4, 0.5) is 36.3 Å². The Labute approximate surface area is 262 Å². The number of methoxy groups -OCH3 is 1. The van der Waals surface area contributed by atoms with Crippen LogP contribution in [0.15, 0.2) is 42.6 Å². The van der Waals surface area contributed by atoms with Crippen molar-refractivity contribution in [3.63, 3.8) is 0 Å². The first-order valence-electron chi connectivity index (χ1n) is 14.1. The van der Waals surface area contributed by atoms with Crippen molar-refractivity contribution in [1.82, 2.24) is 20.2 Å². The van der Waals surface area contributed by atoms with E-state index in [4.69, 9.17) is 4.74 Å². The number of anilines is 4. The number of likely N-dealkylation sites (tertiary alicyclic amines) is 1. The van der Waals surface area contributed by atoms with E-state index in [2.05, 4.69) is 25.9 Å². The molecule has 0 spiro atoms. The molecule has 1 aliphatic rings. The molecule has 0 saturated carbocycles. The minimum atomic E-state index is -4.73. The second-order valence-corrected chi connectivity index (χ2v) is 12.0. The number of carbonyl (C=O) groups is 2. The summed E-state index contributed by atoms with van der Waals surface area (Å²) >= 11 is 0. The van der Waals surface area contributed by atoms with Crippen LogP contribution < -0.4 is 25.0 Å².